The fourth-order valence-electron chi connectivity index (χ4n) is 3.44. The Balaban J connectivity index is 1.75. The van der Waals surface area contributed by atoms with Crippen LogP contribution in [-0.4, -0.2) is 36.6 Å². The molecule has 0 aromatic carbocycles. The monoisotopic (exact) mass is 238 g/mol. The molecule has 0 amide bonds. The van der Waals surface area contributed by atoms with Crippen molar-refractivity contribution in [2.75, 3.05) is 19.6 Å². The van der Waals surface area contributed by atoms with Crippen LogP contribution in [0.5, 0.6) is 0 Å². The second kappa shape index (κ2) is 6.75. The highest BCUT2D eigenvalue weighted by atomic mass is 15.2. The van der Waals surface area contributed by atoms with E-state index in [9.17, 15) is 0 Å². The summed E-state index contributed by atoms with van der Waals surface area (Å²) in [6.45, 7) is 8.44. The molecule has 0 radical (unpaired) electrons. The van der Waals surface area contributed by atoms with Crippen LogP contribution in [0.15, 0.2) is 0 Å². The molecule has 1 aliphatic carbocycles. The van der Waals surface area contributed by atoms with Gasteiger partial charge in [0.15, 0.2) is 0 Å². The Morgan fingerprint density at radius 1 is 1.06 bits per heavy atom. The minimum Gasteiger partial charge on any atom is -0.314 e. The van der Waals surface area contributed by atoms with Crippen LogP contribution < -0.4 is 5.32 Å². The molecule has 1 atom stereocenters. The molecule has 1 unspecified atom stereocenters. The maximum Gasteiger partial charge on any atom is 0.00953 e. The van der Waals surface area contributed by atoms with Crippen LogP contribution >= 0.6 is 0 Å². The number of hydrogen-bond acceptors (Lipinski definition) is 2. The fourth-order valence-corrected chi connectivity index (χ4v) is 3.44. The van der Waals surface area contributed by atoms with Crippen molar-refractivity contribution in [1.29, 1.82) is 0 Å². The Morgan fingerprint density at radius 3 is 2.53 bits per heavy atom. The van der Waals surface area contributed by atoms with Crippen LogP contribution in [0.1, 0.15) is 58.8 Å². The molecule has 1 saturated heterocycles. The maximum atomic E-state index is 3.61. The Kier molecular flexibility index (Phi) is 5.30. The highest BCUT2D eigenvalue weighted by Crippen LogP contribution is 2.26. The van der Waals surface area contributed by atoms with Crippen LogP contribution in [0, 0.1) is 5.92 Å². The van der Waals surface area contributed by atoms with Crippen molar-refractivity contribution < 1.29 is 0 Å². The van der Waals surface area contributed by atoms with Gasteiger partial charge in [0, 0.05) is 18.6 Å². The lowest BCUT2D eigenvalue weighted by Gasteiger charge is -2.40. The third-order valence-electron chi connectivity index (χ3n) is 4.46. The van der Waals surface area contributed by atoms with Crippen molar-refractivity contribution in [2.24, 2.45) is 5.92 Å². The van der Waals surface area contributed by atoms with Crippen molar-refractivity contribution in [2.45, 2.75) is 70.9 Å². The summed E-state index contributed by atoms with van der Waals surface area (Å²) in [6, 6.07) is 1.56. The smallest absolute Gasteiger partial charge is 0.00953 e. The molecule has 2 aliphatic rings. The van der Waals surface area contributed by atoms with Crippen molar-refractivity contribution in [3.63, 3.8) is 0 Å². The second-order valence-corrected chi connectivity index (χ2v) is 6.36. The number of likely N-dealkylation sites (tertiary alicyclic amines) is 1. The molecule has 0 bridgehead atoms. The molecule has 1 heterocycles. The average molecular weight is 238 g/mol. The van der Waals surface area contributed by atoms with Gasteiger partial charge in [-0.3, -0.25) is 0 Å². The summed E-state index contributed by atoms with van der Waals surface area (Å²) < 4.78 is 0. The van der Waals surface area contributed by atoms with Gasteiger partial charge in [-0.2, -0.15) is 0 Å². The van der Waals surface area contributed by atoms with E-state index in [-0.39, 0.29) is 0 Å². The summed E-state index contributed by atoms with van der Waals surface area (Å²) in [6.07, 6.45) is 10.2. The van der Waals surface area contributed by atoms with E-state index in [1.54, 1.807) is 0 Å². The SMILES string of the molecule is CC(C)NCC1CCCN(C2CCCCC2)C1. The van der Waals surface area contributed by atoms with Crippen molar-refractivity contribution in [1.82, 2.24) is 10.2 Å². The quantitative estimate of drug-likeness (QED) is 0.810. The first kappa shape index (κ1) is 13.4. The number of nitrogens with zero attached hydrogens (tertiary/aromatic N) is 1. The largest absolute Gasteiger partial charge is 0.314 e. The lowest BCUT2D eigenvalue weighted by Crippen LogP contribution is -2.46. The summed E-state index contributed by atoms with van der Waals surface area (Å²) in [7, 11) is 0. The van der Waals surface area contributed by atoms with Gasteiger partial charge in [-0.1, -0.05) is 33.1 Å². The van der Waals surface area contributed by atoms with Gasteiger partial charge in [0.1, 0.15) is 0 Å². The minimum absolute atomic E-state index is 0.639. The number of rotatable bonds is 4. The molecular weight excluding hydrogens is 208 g/mol. The van der Waals surface area contributed by atoms with Gasteiger partial charge in [-0.15, -0.1) is 0 Å². The average Bonchev–Trinajstić information content (AvgIpc) is 2.38. The second-order valence-electron chi connectivity index (χ2n) is 6.36. The van der Waals surface area contributed by atoms with Crippen LogP contribution in [0.2, 0.25) is 0 Å². The molecule has 1 N–H and O–H groups in total. The van der Waals surface area contributed by atoms with Gasteiger partial charge in [-0.25, -0.2) is 0 Å². The maximum absolute atomic E-state index is 3.61. The number of hydrogen-bond donors (Lipinski definition) is 1. The Labute approximate surface area is 107 Å². The summed E-state index contributed by atoms with van der Waals surface area (Å²) >= 11 is 0. The predicted octanol–water partition coefficient (Wildman–Crippen LogP) is 3.03. The van der Waals surface area contributed by atoms with E-state index >= 15 is 0 Å². The molecule has 2 heteroatoms. The van der Waals surface area contributed by atoms with Crippen LogP contribution in [0.25, 0.3) is 0 Å². The summed E-state index contributed by atoms with van der Waals surface area (Å²) in [4.78, 5) is 2.80. The van der Waals surface area contributed by atoms with E-state index in [1.165, 1.54) is 64.6 Å². The molecular formula is C15H30N2. The van der Waals surface area contributed by atoms with E-state index in [1.807, 2.05) is 0 Å². The van der Waals surface area contributed by atoms with Crippen molar-refractivity contribution >= 4 is 0 Å². The molecule has 17 heavy (non-hydrogen) atoms. The van der Waals surface area contributed by atoms with E-state index in [0.717, 1.165) is 12.0 Å². The molecule has 2 rings (SSSR count). The summed E-state index contributed by atoms with van der Waals surface area (Å²) in [5.41, 5.74) is 0. The van der Waals surface area contributed by atoms with Gasteiger partial charge >= 0.3 is 0 Å². The molecule has 0 aromatic heterocycles. The first-order valence-corrected chi connectivity index (χ1v) is 7.73. The summed E-state index contributed by atoms with van der Waals surface area (Å²) in [5, 5.41) is 3.61. The van der Waals surface area contributed by atoms with E-state index in [2.05, 4.69) is 24.1 Å². The van der Waals surface area contributed by atoms with Gasteiger partial charge in [0.2, 0.25) is 0 Å². The minimum atomic E-state index is 0.639. The van der Waals surface area contributed by atoms with Gasteiger partial charge < -0.3 is 10.2 Å². The highest BCUT2D eigenvalue weighted by molar-refractivity contribution is 4.82. The topological polar surface area (TPSA) is 15.3 Å². The van der Waals surface area contributed by atoms with Gasteiger partial charge in [-0.05, 0) is 44.7 Å². The van der Waals surface area contributed by atoms with Crippen LogP contribution in [0.4, 0.5) is 0 Å². The molecule has 1 aliphatic heterocycles. The van der Waals surface area contributed by atoms with E-state index in [0.29, 0.717) is 6.04 Å². The number of nitrogens with one attached hydrogen (secondary N) is 1. The highest BCUT2D eigenvalue weighted by Gasteiger charge is 2.26. The molecule has 2 nitrogen and oxygen atoms in total. The first-order chi connectivity index (χ1) is 8.25. The van der Waals surface area contributed by atoms with Gasteiger partial charge in [0.05, 0.1) is 0 Å². The zero-order chi connectivity index (χ0) is 12.1. The lowest BCUT2D eigenvalue weighted by molar-refractivity contribution is 0.0974. The van der Waals surface area contributed by atoms with Crippen molar-refractivity contribution in [3.8, 4) is 0 Å². The van der Waals surface area contributed by atoms with E-state index in [4.69, 9.17) is 0 Å². The van der Waals surface area contributed by atoms with Crippen molar-refractivity contribution in [3.05, 3.63) is 0 Å². The van der Waals surface area contributed by atoms with E-state index < -0.39 is 0 Å². The summed E-state index contributed by atoms with van der Waals surface area (Å²) in [5.74, 6) is 0.896. The Hall–Kier alpha value is -0.0800. The third-order valence-corrected chi connectivity index (χ3v) is 4.46. The molecule has 0 spiro atoms. The molecule has 100 valence electrons. The predicted molar refractivity (Wildman–Crippen MR) is 74.3 cm³/mol. The Morgan fingerprint density at radius 2 is 1.82 bits per heavy atom. The zero-order valence-electron chi connectivity index (χ0n) is 11.8. The lowest BCUT2D eigenvalue weighted by atomic mass is 9.90. The standard InChI is InChI=1S/C15H30N2/c1-13(2)16-11-14-7-6-10-17(12-14)15-8-4-3-5-9-15/h13-16H,3-12H2,1-2H3. The normalized spacial score (nSPS) is 28.8. The third kappa shape index (κ3) is 4.26. The molecule has 0 aromatic rings. The Bertz CT molecular complexity index is 209. The number of piperidine rings is 1. The van der Waals surface area contributed by atoms with Crippen LogP contribution in [0.3, 0.4) is 0 Å². The molecule has 1 saturated carbocycles. The first-order valence-electron chi connectivity index (χ1n) is 7.73. The zero-order valence-corrected chi connectivity index (χ0v) is 11.8. The van der Waals surface area contributed by atoms with Gasteiger partial charge in [0.25, 0.3) is 0 Å². The van der Waals surface area contributed by atoms with Crippen LogP contribution in [-0.2, 0) is 0 Å². The molecule has 2 fully saturated rings. The fraction of sp³-hybridized carbons (Fsp3) is 1.00.